The van der Waals surface area contributed by atoms with Crippen LogP contribution in [-0.4, -0.2) is 52.9 Å². The van der Waals surface area contributed by atoms with Gasteiger partial charge in [-0.05, 0) is 86.0 Å². The topological polar surface area (TPSA) is 113 Å². The summed E-state index contributed by atoms with van der Waals surface area (Å²) in [6.45, 7) is 18.6. The Morgan fingerprint density at radius 3 is 2.35 bits per heavy atom. The zero-order valence-electron chi connectivity index (χ0n) is 28.7. The van der Waals surface area contributed by atoms with E-state index in [1.165, 1.54) is 7.11 Å². The average Bonchev–Trinajstić information content (AvgIpc) is 3.75. The van der Waals surface area contributed by atoms with Crippen molar-refractivity contribution in [3.05, 3.63) is 79.5 Å². The van der Waals surface area contributed by atoms with Gasteiger partial charge in [0.1, 0.15) is 0 Å². The monoisotopic (exact) mass is 620 g/mol. The number of rotatable bonds is 5. The highest BCUT2D eigenvalue weighted by Gasteiger charge is 2.44. The van der Waals surface area contributed by atoms with Crippen LogP contribution in [0.1, 0.15) is 88.0 Å². The van der Waals surface area contributed by atoms with Gasteiger partial charge in [0, 0.05) is 47.1 Å². The van der Waals surface area contributed by atoms with Crippen molar-refractivity contribution < 1.29 is 19.4 Å². The molecule has 5 heterocycles. The third kappa shape index (κ3) is 4.93. The van der Waals surface area contributed by atoms with Crippen molar-refractivity contribution in [1.82, 2.24) is 0 Å². The summed E-state index contributed by atoms with van der Waals surface area (Å²) in [6.07, 6.45) is 4.97. The predicted octanol–water partition coefficient (Wildman–Crippen LogP) is 7.06. The van der Waals surface area contributed by atoms with Crippen LogP contribution in [0.15, 0.2) is 99.5 Å². The van der Waals surface area contributed by atoms with Gasteiger partial charge in [-0.2, -0.15) is 0 Å². The van der Waals surface area contributed by atoms with Crippen LogP contribution in [0.25, 0.3) is 0 Å². The molecule has 240 valence electrons. The smallest absolute Gasteiger partial charge is 0.305 e. The predicted molar refractivity (Wildman–Crippen MR) is 183 cm³/mol. The van der Waals surface area contributed by atoms with Crippen molar-refractivity contribution in [1.29, 1.82) is 0 Å². The minimum Gasteiger partial charge on any atom is -0.469 e. The Morgan fingerprint density at radius 1 is 1.02 bits per heavy atom. The van der Waals surface area contributed by atoms with Crippen molar-refractivity contribution in [2.45, 2.75) is 94.1 Å². The van der Waals surface area contributed by atoms with Crippen LogP contribution in [0.5, 0.6) is 0 Å². The number of ketones is 1. The first-order chi connectivity index (χ1) is 21.7. The lowest BCUT2D eigenvalue weighted by Gasteiger charge is -2.22. The van der Waals surface area contributed by atoms with Crippen molar-refractivity contribution >= 4 is 34.6 Å². The van der Waals surface area contributed by atoms with Crippen LogP contribution in [-0.2, 0) is 14.3 Å². The molecular formula is C38H44N4O4. The summed E-state index contributed by atoms with van der Waals surface area (Å²) in [7, 11) is 1.40. The largest absolute Gasteiger partial charge is 0.469 e. The van der Waals surface area contributed by atoms with Gasteiger partial charge in [0.2, 0.25) is 0 Å². The molecule has 3 atom stereocenters. The molecule has 1 saturated carbocycles. The van der Waals surface area contributed by atoms with E-state index in [-0.39, 0.29) is 41.8 Å². The van der Waals surface area contributed by atoms with Crippen molar-refractivity contribution in [2.24, 2.45) is 37.2 Å². The maximum atomic E-state index is 13.7. The molecular weight excluding hydrogens is 576 g/mol. The van der Waals surface area contributed by atoms with E-state index < -0.39 is 6.10 Å². The summed E-state index contributed by atoms with van der Waals surface area (Å²) in [6, 6.07) is 0. The molecule has 0 aromatic rings. The molecule has 0 saturated heterocycles. The Kier molecular flexibility index (Phi) is 7.87. The Bertz CT molecular complexity index is 1850. The Balaban J connectivity index is 1.68. The van der Waals surface area contributed by atoms with E-state index in [2.05, 4.69) is 41.5 Å². The van der Waals surface area contributed by atoms with E-state index in [9.17, 15) is 14.7 Å². The number of hydrogen-bond acceptors (Lipinski definition) is 8. The number of ether oxygens (including phenoxy) is 1. The van der Waals surface area contributed by atoms with Gasteiger partial charge in [-0.3, -0.25) is 14.6 Å². The second kappa shape index (κ2) is 11.3. The molecule has 0 aromatic heterocycles. The van der Waals surface area contributed by atoms with Gasteiger partial charge in [-0.15, -0.1) is 0 Å². The molecule has 8 nitrogen and oxygen atoms in total. The van der Waals surface area contributed by atoms with Gasteiger partial charge in [0.05, 0.1) is 53.1 Å². The molecule has 8 heteroatoms. The quantitative estimate of drug-likeness (QED) is 0.332. The molecule has 1 N–H and O–H groups in total. The summed E-state index contributed by atoms with van der Waals surface area (Å²) in [5, 5.41) is 11.0. The van der Waals surface area contributed by atoms with Crippen LogP contribution < -0.4 is 0 Å². The highest BCUT2D eigenvalue weighted by atomic mass is 16.5. The normalized spacial score (nSPS) is 25.0. The minimum atomic E-state index is -0.735. The number of aliphatic hydroxyl groups is 1. The van der Waals surface area contributed by atoms with Gasteiger partial charge in [0.25, 0.3) is 0 Å². The summed E-state index contributed by atoms with van der Waals surface area (Å²) in [5.41, 5.74) is 13.3. The van der Waals surface area contributed by atoms with E-state index in [1.807, 2.05) is 26.0 Å². The van der Waals surface area contributed by atoms with Crippen molar-refractivity contribution in [2.75, 3.05) is 7.11 Å². The number of carbonyl (C=O) groups is 2. The highest BCUT2D eigenvalue weighted by molar-refractivity contribution is 6.38. The molecule has 0 spiro atoms. The van der Waals surface area contributed by atoms with E-state index in [1.54, 1.807) is 6.92 Å². The van der Waals surface area contributed by atoms with E-state index in [4.69, 9.17) is 24.7 Å². The van der Waals surface area contributed by atoms with Crippen molar-refractivity contribution in [3.63, 3.8) is 0 Å². The summed E-state index contributed by atoms with van der Waals surface area (Å²) in [4.78, 5) is 46.8. The first-order valence-corrected chi connectivity index (χ1v) is 16.4. The fourth-order valence-corrected chi connectivity index (χ4v) is 8.02. The van der Waals surface area contributed by atoms with Gasteiger partial charge < -0.3 is 9.84 Å². The number of hydrogen-bond donors (Lipinski definition) is 1. The molecule has 6 rings (SSSR count). The molecule has 0 radical (unpaired) electrons. The second-order valence-corrected chi connectivity index (χ2v) is 14.1. The van der Waals surface area contributed by atoms with Crippen LogP contribution in [0.4, 0.5) is 0 Å². The zero-order valence-corrected chi connectivity index (χ0v) is 28.7. The number of nitrogens with zero attached hydrogens (tertiary/aromatic N) is 4. The third-order valence-electron chi connectivity index (χ3n) is 10.1. The zero-order chi connectivity index (χ0) is 33.4. The summed E-state index contributed by atoms with van der Waals surface area (Å²) >= 11 is 0. The van der Waals surface area contributed by atoms with Crippen LogP contribution in [0.3, 0.4) is 0 Å². The first-order valence-electron chi connectivity index (χ1n) is 16.4. The number of carbonyl (C=O) groups excluding carboxylic acids is 2. The number of esters is 1. The Labute approximate surface area is 271 Å². The Hall–Kier alpha value is -4.04. The molecule has 0 aromatic carbocycles. The number of aliphatic imine (C=N–C) groups is 4. The molecule has 5 aliphatic heterocycles. The Morgan fingerprint density at radius 2 is 1.72 bits per heavy atom. The maximum Gasteiger partial charge on any atom is 0.305 e. The highest BCUT2D eigenvalue weighted by Crippen LogP contribution is 2.47. The number of allylic oxidation sites excluding steroid dienone is 10. The lowest BCUT2D eigenvalue weighted by molar-refractivity contribution is -0.140. The maximum absolute atomic E-state index is 13.7. The molecule has 0 amide bonds. The molecule has 0 unspecified atom stereocenters. The van der Waals surface area contributed by atoms with Crippen molar-refractivity contribution in [3.8, 4) is 0 Å². The minimum absolute atomic E-state index is 0.0392. The average molecular weight is 621 g/mol. The first kappa shape index (κ1) is 31.9. The van der Waals surface area contributed by atoms with E-state index in [0.717, 1.165) is 73.2 Å². The van der Waals surface area contributed by atoms with E-state index in [0.29, 0.717) is 29.8 Å². The molecule has 46 heavy (non-hydrogen) atoms. The van der Waals surface area contributed by atoms with Crippen LogP contribution in [0, 0.1) is 17.3 Å². The number of methoxy groups -OCH3 is 1. The standard InChI is InChI=1S/C38H44N4O4/c1-11-22-26-16-28-33(38(7,8)9)18(3)25(39-28)15-27-31(21(6)43)19(4)35(41-27)20(5)34-17(2)23(12-13-30(45)46-10)36(42-34)24-14-29(44)32(22)37(24)40-26/h15-17,21,23,43H,11-14H2,1-10H3/t17-,21+,23-/m0/s1. The number of aliphatic hydroxyl groups excluding tert-OH is 1. The number of Topliss-reactive ketones (excluding diaryl/α,β-unsaturated/α-hetero) is 1. The fraction of sp³-hybridized carbons (Fsp3) is 0.474. The third-order valence-corrected chi connectivity index (χ3v) is 10.1. The van der Waals surface area contributed by atoms with Gasteiger partial charge in [-0.1, -0.05) is 34.6 Å². The lowest BCUT2D eigenvalue weighted by Crippen LogP contribution is -2.19. The fourth-order valence-electron chi connectivity index (χ4n) is 8.02. The summed E-state index contributed by atoms with van der Waals surface area (Å²) in [5.74, 6) is -0.356. The SMILES string of the molecule is CCC1=C2C(=O)CC3=C4N=C(C(C)=C5N=C(C=C6N=C(C=C1N=C32)C(C(C)(C)C)=C6C)C([C@@H](C)O)=C5C)[C@@H](C)[C@@H]4CCC(=O)OC. The van der Waals surface area contributed by atoms with Crippen LogP contribution >= 0.6 is 0 Å². The lowest BCUT2D eigenvalue weighted by atomic mass is 9.81. The molecule has 6 aliphatic rings. The van der Waals surface area contributed by atoms with Gasteiger partial charge in [-0.25, -0.2) is 15.0 Å². The molecule has 1 aliphatic carbocycles. The van der Waals surface area contributed by atoms with Crippen LogP contribution in [0.2, 0.25) is 0 Å². The number of fused-ring (bicyclic) bond motifs is 4. The second-order valence-electron chi connectivity index (χ2n) is 14.1. The molecule has 1 fully saturated rings. The molecule has 8 bridgehead atoms. The van der Waals surface area contributed by atoms with Gasteiger partial charge in [0.15, 0.2) is 5.78 Å². The van der Waals surface area contributed by atoms with Gasteiger partial charge >= 0.3 is 5.97 Å². The summed E-state index contributed by atoms with van der Waals surface area (Å²) < 4.78 is 5.00. The van der Waals surface area contributed by atoms with E-state index >= 15 is 0 Å².